The molecule has 0 fully saturated rings. The second-order valence-electron chi connectivity index (χ2n) is 6.76. The van der Waals surface area contributed by atoms with Crippen LogP contribution in [0.4, 0.5) is 11.4 Å². The van der Waals surface area contributed by atoms with Crippen LogP contribution in [0.5, 0.6) is 0 Å². The molecule has 1 aromatic heterocycles. The lowest BCUT2D eigenvalue weighted by molar-refractivity contribution is -0.117. The Bertz CT molecular complexity index is 1150. The van der Waals surface area contributed by atoms with E-state index in [1.807, 2.05) is 12.1 Å². The molecule has 160 valence electrons. The lowest BCUT2D eigenvalue weighted by Crippen LogP contribution is -2.33. The summed E-state index contributed by atoms with van der Waals surface area (Å²) in [5.74, 6) is -1.77. The fraction of sp³-hybridized carbons (Fsp3) is 0.182. The molecule has 0 aliphatic rings. The monoisotopic (exact) mass is 502 g/mol. The molecule has 0 atom stereocenters. The van der Waals surface area contributed by atoms with E-state index in [0.29, 0.717) is 34.7 Å². The number of fused-ring (bicyclic) bond motifs is 1. The van der Waals surface area contributed by atoms with Crippen molar-refractivity contribution in [3.05, 3.63) is 63.7 Å². The standard InChI is InChI=1S/C22H20BrClN4O3/c1-13(29)28-19-6-3-14(23)11-17(19)21(30)22(31)27-9-2-8-25-18-7-10-26-20-12-15(24)4-5-16(18)20/h3-7,10-12H,2,8-9H2,1H3,(H,25,26)(H,27,31)(H,28,29). The van der Waals surface area contributed by atoms with Crippen molar-refractivity contribution in [2.75, 3.05) is 23.7 Å². The molecule has 2 aromatic carbocycles. The zero-order valence-electron chi connectivity index (χ0n) is 16.7. The Balaban J connectivity index is 1.54. The number of hydrogen-bond donors (Lipinski definition) is 3. The molecule has 7 nitrogen and oxygen atoms in total. The van der Waals surface area contributed by atoms with Crippen molar-refractivity contribution < 1.29 is 14.4 Å². The number of aromatic nitrogens is 1. The van der Waals surface area contributed by atoms with Crippen LogP contribution >= 0.6 is 27.5 Å². The summed E-state index contributed by atoms with van der Waals surface area (Å²) in [6, 6.07) is 12.1. The SMILES string of the molecule is CC(=O)Nc1ccc(Br)cc1C(=O)C(=O)NCCCNc1ccnc2cc(Cl)ccc12. The van der Waals surface area contributed by atoms with Crippen LogP contribution in [-0.4, -0.2) is 35.7 Å². The number of carbonyl (C=O) groups excluding carboxylic acids is 3. The average Bonchev–Trinajstić information content (AvgIpc) is 2.73. The topological polar surface area (TPSA) is 100 Å². The molecule has 0 radical (unpaired) electrons. The van der Waals surface area contributed by atoms with Crippen LogP contribution in [-0.2, 0) is 9.59 Å². The molecule has 9 heteroatoms. The molecule has 0 unspecified atom stereocenters. The van der Waals surface area contributed by atoms with E-state index in [4.69, 9.17) is 11.6 Å². The number of ketones is 1. The highest BCUT2D eigenvalue weighted by molar-refractivity contribution is 9.10. The molecule has 0 aliphatic carbocycles. The number of rotatable bonds is 8. The van der Waals surface area contributed by atoms with Gasteiger partial charge in [0.25, 0.3) is 11.7 Å². The van der Waals surface area contributed by atoms with E-state index in [1.165, 1.54) is 13.0 Å². The van der Waals surface area contributed by atoms with Crippen molar-refractivity contribution in [2.24, 2.45) is 0 Å². The van der Waals surface area contributed by atoms with Gasteiger partial charge in [-0.05, 0) is 48.9 Å². The third kappa shape index (κ3) is 6.02. The van der Waals surface area contributed by atoms with Gasteiger partial charge >= 0.3 is 0 Å². The summed E-state index contributed by atoms with van der Waals surface area (Å²) in [5, 5.41) is 10.1. The summed E-state index contributed by atoms with van der Waals surface area (Å²) in [4.78, 5) is 40.5. The minimum absolute atomic E-state index is 0.127. The van der Waals surface area contributed by atoms with Gasteiger partial charge < -0.3 is 16.0 Å². The Hall–Kier alpha value is -2.97. The Kier molecular flexibility index (Phi) is 7.59. The fourth-order valence-electron chi connectivity index (χ4n) is 2.99. The van der Waals surface area contributed by atoms with Crippen LogP contribution in [0.25, 0.3) is 10.9 Å². The van der Waals surface area contributed by atoms with Gasteiger partial charge in [-0.3, -0.25) is 19.4 Å². The number of amides is 2. The number of Topliss-reactive ketones (excluding diaryl/α,β-unsaturated/α-hetero) is 1. The molecule has 0 saturated carbocycles. The van der Waals surface area contributed by atoms with Crippen LogP contribution in [0.15, 0.2) is 53.1 Å². The third-order valence-corrected chi connectivity index (χ3v) is 5.13. The molecule has 1 heterocycles. The maximum absolute atomic E-state index is 12.5. The zero-order chi connectivity index (χ0) is 22.4. The molecule has 31 heavy (non-hydrogen) atoms. The molecule has 0 bridgehead atoms. The van der Waals surface area contributed by atoms with Crippen molar-refractivity contribution in [1.29, 1.82) is 0 Å². The fourth-order valence-corrected chi connectivity index (χ4v) is 3.52. The number of anilines is 2. The maximum atomic E-state index is 12.5. The van der Waals surface area contributed by atoms with Crippen molar-refractivity contribution >= 4 is 67.4 Å². The molecular weight excluding hydrogens is 484 g/mol. The van der Waals surface area contributed by atoms with E-state index in [1.54, 1.807) is 30.5 Å². The highest BCUT2D eigenvalue weighted by atomic mass is 79.9. The molecule has 3 aromatic rings. The first-order chi connectivity index (χ1) is 14.8. The highest BCUT2D eigenvalue weighted by Gasteiger charge is 2.20. The van der Waals surface area contributed by atoms with Gasteiger partial charge in [-0.25, -0.2) is 0 Å². The average molecular weight is 504 g/mol. The quantitative estimate of drug-likeness (QED) is 0.240. The summed E-state index contributed by atoms with van der Waals surface area (Å²) < 4.78 is 0.632. The Morgan fingerprint density at radius 3 is 2.61 bits per heavy atom. The molecule has 3 rings (SSSR count). The van der Waals surface area contributed by atoms with Gasteiger partial charge in [-0.15, -0.1) is 0 Å². The molecule has 0 aliphatic heterocycles. The second kappa shape index (κ2) is 10.4. The first-order valence-electron chi connectivity index (χ1n) is 9.53. The van der Waals surface area contributed by atoms with Crippen molar-refractivity contribution in [1.82, 2.24) is 10.3 Å². The van der Waals surface area contributed by atoms with Gasteiger partial charge in [0.1, 0.15) is 0 Å². The predicted octanol–water partition coefficient (Wildman–Crippen LogP) is 4.41. The first-order valence-corrected chi connectivity index (χ1v) is 10.7. The highest BCUT2D eigenvalue weighted by Crippen LogP contribution is 2.24. The predicted molar refractivity (Wildman–Crippen MR) is 126 cm³/mol. The van der Waals surface area contributed by atoms with Crippen molar-refractivity contribution in [3.63, 3.8) is 0 Å². The molecule has 0 spiro atoms. The van der Waals surface area contributed by atoms with Crippen LogP contribution in [0.1, 0.15) is 23.7 Å². The minimum Gasteiger partial charge on any atom is -0.384 e. The number of nitrogens with one attached hydrogen (secondary N) is 3. The van der Waals surface area contributed by atoms with Gasteiger partial charge in [-0.1, -0.05) is 27.5 Å². The number of benzene rings is 2. The van der Waals surface area contributed by atoms with Gasteiger partial charge in [0.2, 0.25) is 5.91 Å². The summed E-state index contributed by atoms with van der Waals surface area (Å²) in [6.07, 6.45) is 2.31. The Morgan fingerprint density at radius 1 is 1.03 bits per heavy atom. The minimum atomic E-state index is -0.728. The first kappa shape index (κ1) is 22.7. The lowest BCUT2D eigenvalue weighted by Gasteiger charge is -2.11. The molecule has 3 N–H and O–H groups in total. The van der Waals surface area contributed by atoms with E-state index in [0.717, 1.165) is 16.6 Å². The van der Waals surface area contributed by atoms with E-state index in [-0.39, 0.29) is 11.5 Å². The zero-order valence-corrected chi connectivity index (χ0v) is 19.0. The summed E-state index contributed by atoms with van der Waals surface area (Å²) >= 11 is 9.29. The summed E-state index contributed by atoms with van der Waals surface area (Å²) in [7, 11) is 0. The van der Waals surface area contributed by atoms with E-state index < -0.39 is 11.7 Å². The van der Waals surface area contributed by atoms with E-state index >= 15 is 0 Å². The smallest absolute Gasteiger partial charge is 0.292 e. The van der Waals surface area contributed by atoms with Crippen LogP contribution in [0.3, 0.4) is 0 Å². The summed E-state index contributed by atoms with van der Waals surface area (Å²) in [6.45, 7) is 2.24. The number of nitrogens with zero attached hydrogens (tertiary/aromatic N) is 1. The third-order valence-electron chi connectivity index (χ3n) is 4.40. The second-order valence-corrected chi connectivity index (χ2v) is 8.11. The van der Waals surface area contributed by atoms with Crippen LogP contribution in [0, 0.1) is 0 Å². The van der Waals surface area contributed by atoms with Crippen LogP contribution < -0.4 is 16.0 Å². The summed E-state index contributed by atoms with van der Waals surface area (Å²) in [5.41, 5.74) is 2.13. The van der Waals surface area contributed by atoms with Gasteiger partial charge in [-0.2, -0.15) is 0 Å². The number of carbonyl (C=O) groups is 3. The maximum Gasteiger partial charge on any atom is 0.292 e. The lowest BCUT2D eigenvalue weighted by atomic mass is 10.1. The number of pyridine rings is 1. The van der Waals surface area contributed by atoms with E-state index in [9.17, 15) is 14.4 Å². The normalized spacial score (nSPS) is 10.5. The van der Waals surface area contributed by atoms with Crippen LogP contribution in [0.2, 0.25) is 5.02 Å². The molecular formula is C22H20BrClN4O3. The van der Waals surface area contributed by atoms with Crippen molar-refractivity contribution in [2.45, 2.75) is 13.3 Å². The largest absolute Gasteiger partial charge is 0.384 e. The Morgan fingerprint density at radius 2 is 1.84 bits per heavy atom. The molecule has 0 saturated heterocycles. The number of halogens is 2. The van der Waals surface area contributed by atoms with Gasteiger partial charge in [0, 0.05) is 46.8 Å². The number of hydrogen-bond acceptors (Lipinski definition) is 5. The van der Waals surface area contributed by atoms with Gasteiger partial charge in [0.05, 0.1) is 16.8 Å². The molecule has 2 amide bonds. The van der Waals surface area contributed by atoms with Gasteiger partial charge in [0.15, 0.2) is 0 Å². The Labute approximate surface area is 192 Å². The van der Waals surface area contributed by atoms with Crippen molar-refractivity contribution in [3.8, 4) is 0 Å². The van der Waals surface area contributed by atoms with E-state index in [2.05, 4.69) is 36.9 Å².